The van der Waals surface area contributed by atoms with E-state index in [1.165, 1.54) is 6.21 Å². The Morgan fingerprint density at radius 2 is 2.00 bits per heavy atom. The lowest BCUT2D eigenvalue weighted by Gasteiger charge is -2.12. The van der Waals surface area contributed by atoms with Gasteiger partial charge in [0.2, 0.25) is 0 Å². The van der Waals surface area contributed by atoms with Gasteiger partial charge in [0.05, 0.1) is 18.5 Å². The summed E-state index contributed by atoms with van der Waals surface area (Å²) in [5, 5.41) is 5.03. The van der Waals surface area contributed by atoms with E-state index in [0.29, 0.717) is 45.4 Å². The van der Waals surface area contributed by atoms with E-state index in [9.17, 15) is 4.79 Å². The molecule has 1 heterocycles. The van der Waals surface area contributed by atoms with Gasteiger partial charge in [0.1, 0.15) is 11.5 Å². The number of thiazole rings is 1. The summed E-state index contributed by atoms with van der Waals surface area (Å²) in [6.07, 6.45) is 1.53. The summed E-state index contributed by atoms with van der Waals surface area (Å²) in [4.78, 5) is 16.6. The van der Waals surface area contributed by atoms with Crippen LogP contribution in [0, 0.1) is 6.92 Å². The quantitative estimate of drug-likeness (QED) is 0.395. The molecule has 3 rings (SSSR count). The molecule has 0 aliphatic heterocycles. The maximum atomic E-state index is 12.2. The van der Waals surface area contributed by atoms with Gasteiger partial charge in [0.15, 0.2) is 16.6 Å². The number of rotatable bonds is 8. The van der Waals surface area contributed by atoms with Crippen LogP contribution in [0.5, 0.6) is 11.5 Å². The summed E-state index contributed by atoms with van der Waals surface area (Å²) < 4.78 is 11.6. The van der Waals surface area contributed by atoms with E-state index < -0.39 is 0 Å². The molecule has 0 fully saturated rings. The molecule has 1 amide bonds. The molecule has 0 radical (unpaired) electrons. The number of amides is 1. The molecule has 1 aromatic heterocycles. The minimum Gasteiger partial charge on any atom is -0.490 e. The van der Waals surface area contributed by atoms with Crippen LogP contribution < -0.4 is 20.6 Å². The van der Waals surface area contributed by atoms with E-state index in [2.05, 4.69) is 15.5 Å². The van der Waals surface area contributed by atoms with Crippen molar-refractivity contribution in [2.75, 3.05) is 12.3 Å². The lowest BCUT2D eigenvalue weighted by Crippen LogP contribution is -2.17. The summed E-state index contributed by atoms with van der Waals surface area (Å²) in [6, 6.07) is 12.9. The van der Waals surface area contributed by atoms with Crippen molar-refractivity contribution in [3.63, 3.8) is 0 Å². The van der Waals surface area contributed by atoms with Crippen LogP contribution in [-0.4, -0.2) is 23.7 Å². The summed E-state index contributed by atoms with van der Waals surface area (Å²) in [5.41, 5.74) is 10.4. The van der Waals surface area contributed by atoms with Crippen LogP contribution >= 0.6 is 22.9 Å². The van der Waals surface area contributed by atoms with Crippen LogP contribution in [0.15, 0.2) is 47.6 Å². The number of ether oxygens (including phenoxy) is 2. The van der Waals surface area contributed by atoms with Crippen molar-refractivity contribution >= 4 is 40.2 Å². The zero-order valence-corrected chi connectivity index (χ0v) is 18.1. The molecular weight excluding hydrogens is 424 g/mol. The molecule has 9 heteroatoms. The van der Waals surface area contributed by atoms with Gasteiger partial charge in [-0.2, -0.15) is 5.10 Å². The van der Waals surface area contributed by atoms with Gasteiger partial charge in [-0.15, -0.1) is 0 Å². The topological polar surface area (TPSA) is 98.8 Å². The summed E-state index contributed by atoms with van der Waals surface area (Å²) in [7, 11) is 0. The second-order valence-electron chi connectivity index (χ2n) is 6.22. The first-order chi connectivity index (χ1) is 14.5. The van der Waals surface area contributed by atoms with E-state index in [-0.39, 0.29) is 5.91 Å². The van der Waals surface area contributed by atoms with Gasteiger partial charge in [-0.3, -0.25) is 4.79 Å². The zero-order chi connectivity index (χ0) is 21.5. The summed E-state index contributed by atoms with van der Waals surface area (Å²) >= 11 is 7.03. The largest absolute Gasteiger partial charge is 0.490 e. The fourth-order valence-electron chi connectivity index (χ4n) is 2.58. The van der Waals surface area contributed by atoms with Crippen molar-refractivity contribution in [3.05, 3.63) is 69.2 Å². The smallest absolute Gasteiger partial charge is 0.283 e. The number of nitrogen functional groups attached to an aromatic ring is 1. The summed E-state index contributed by atoms with van der Waals surface area (Å²) in [5.74, 6) is 0.850. The predicted molar refractivity (Wildman–Crippen MR) is 120 cm³/mol. The number of carbonyl (C=O) groups excluding carboxylic acids is 1. The number of nitrogens with two attached hydrogens (primary N) is 1. The van der Waals surface area contributed by atoms with Crippen LogP contribution in [0.2, 0.25) is 5.02 Å². The highest BCUT2D eigenvalue weighted by Gasteiger charge is 2.13. The van der Waals surface area contributed by atoms with E-state index in [4.69, 9.17) is 26.8 Å². The van der Waals surface area contributed by atoms with Crippen molar-refractivity contribution in [2.45, 2.75) is 20.5 Å². The number of hydrazone groups is 1. The molecule has 30 heavy (non-hydrogen) atoms. The van der Waals surface area contributed by atoms with Gasteiger partial charge < -0.3 is 15.2 Å². The molecule has 2 aromatic carbocycles. The molecule has 0 saturated heterocycles. The Labute approximate surface area is 183 Å². The second kappa shape index (κ2) is 10.1. The van der Waals surface area contributed by atoms with Crippen LogP contribution in [0.3, 0.4) is 0 Å². The number of hydrogen-bond acceptors (Lipinski definition) is 7. The van der Waals surface area contributed by atoms with E-state index >= 15 is 0 Å². The molecule has 0 aliphatic carbocycles. The molecule has 0 atom stereocenters. The molecule has 156 valence electrons. The van der Waals surface area contributed by atoms with Gasteiger partial charge in [-0.1, -0.05) is 35.1 Å². The maximum absolute atomic E-state index is 12.2. The zero-order valence-electron chi connectivity index (χ0n) is 16.5. The number of hydrogen-bond donors (Lipinski definition) is 2. The van der Waals surface area contributed by atoms with Gasteiger partial charge >= 0.3 is 0 Å². The SMILES string of the molecule is CCOc1cc(/C=N\NC(=O)c2sc(N)nc2C)ccc1OCc1ccc(Cl)cc1. The average Bonchev–Trinajstić information content (AvgIpc) is 3.07. The van der Waals surface area contributed by atoms with Crippen LogP contribution in [-0.2, 0) is 6.61 Å². The highest BCUT2D eigenvalue weighted by Crippen LogP contribution is 2.29. The normalized spacial score (nSPS) is 10.9. The highest BCUT2D eigenvalue weighted by atomic mass is 35.5. The predicted octanol–water partition coefficient (Wildman–Crippen LogP) is 4.43. The van der Waals surface area contributed by atoms with E-state index in [0.717, 1.165) is 22.5 Å². The lowest BCUT2D eigenvalue weighted by atomic mass is 10.2. The molecule has 7 nitrogen and oxygen atoms in total. The number of halogens is 1. The van der Waals surface area contributed by atoms with Gasteiger partial charge in [0.25, 0.3) is 5.91 Å². The fraction of sp³-hybridized carbons (Fsp3) is 0.190. The number of nitrogens with zero attached hydrogens (tertiary/aromatic N) is 2. The monoisotopic (exact) mass is 444 g/mol. The molecular formula is C21H21ClN4O3S. The van der Waals surface area contributed by atoms with Gasteiger partial charge in [-0.05, 0) is 55.3 Å². The van der Waals surface area contributed by atoms with Crippen LogP contribution in [0.1, 0.15) is 33.4 Å². The first kappa shape index (κ1) is 21.6. The van der Waals surface area contributed by atoms with Gasteiger partial charge in [-0.25, -0.2) is 10.4 Å². The third kappa shape index (κ3) is 5.71. The molecule has 3 aromatic rings. The number of aryl methyl sites for hydroxylation is 1. The third-order valence-electron chi connectivity index (χ3n) is 3.97. The minimum atomic E-state index is -0.356. The Bertz CT molecular complexity index is 1050. The highest BCUT2D eigenvalue weighted by molar-refractivity contribution is 7.17. The Hall–Kier alpha value is -3.10. The fourth-order valence-corrected chi connectivity index (χ4v) is 3.43. The Balaban J connectivity index is 1.66. The number of benzene rings is 2. The summed E-state index contributed by atoms with van der Waals surface area (Å²) in [6.45, 7) is 4.49. The van der Waals surface area contributed by atoms with E-state index in [1.807, 2.05) is 37.3 Å². The van der Waals surface area contributed by atoms with Crippen molar-refractivity contribution in [3.8, 4) is 11.5 Å². The number of aromatic nitrogens is 1. The first-order valence-corrected chi connectivity index (χ1v) is 10.4. The molecule has 0 aliphatic rings. The van der Waals surface area contributed by atoms with Crippen molar-refractivity contribution in [1.29, 1.82) is 0 Å². The maximum Gasteiger partial charge on any atom is 0.283 e. The Morgan fingerprint density at radius 3 is 2.67 bits per heavy atom. The molecule has 0 saturated carbocycles. The van der Waals surface area contributed by atoms with Crippen molar-refractivity contribution < 1.29 is 14.3 Å². The molecule has 0 bridgehead atoms. The minimum absolute atomic E-state index is 0.345. The van der Waals surface area contributed by atoms with Crippen LogP contribution in [0.25, 0.3) is 0 Å². The number of anilines is 1. The molecule has 0 spiro atoms. The van der Waals surface area contributed by atoms with Crippen molar-refractivity contribution in [2.24, 2.45) is 5.10 Å². The average molecular weight is 445 g/mol. The molecule has 0 unspecified atom stereocenters. The number of nitrogens with one attached hydrogen (secondary N) is 1. The Morgan fingerprint density at radius 1 is 1.23 bits per heavy atom. The standard InChI is InChI=1S/C21H21ClN4O3S/c1-3-28-18-10-15(11-24-26-20(27)19-13(2)25-21(23)30-19)6-9-17(18)29-12-14-4-7-16(22)8-5-14/h4-11H,3,12H2,1-2H3,(H2,23,25)(H,26,27)/b24-11-. The van der Waals surface area contributed by atoms with Crippen molar-refractivity contribution in [1.82, 2.24) is 10.4 Å². The van der Waals surface area contributed by atoms with E-state index in [1.54, 1.807) is 19.1 Å². The first-order valence-electron chi connectivity index (χ1n) is 9.16. The third-order valence-corrected chi connectivity index (χ3v) is 5.21. The van der Waals surface area contributed by atoms with Gasteiger partial charge in [0, 0.05) is 5.02 Å². The molecule has 3 N–H and O–H groups in total. The van der Waals surface area contributed by atoms with Crippen LogP contribution in [0.4, 0.5) is 5.13 Å². The second-order valence-corrected chi connectivity index (χ2v) is 7.69. The Kier molecular flexibility index (Phi) is 7.26. The lowest BCUT2D eigenvalue weighted by molar-refractivity contribution is 0.0958. The number of carbonyl (C=O) groups is 1.